The van der Waals surface area contributed by atoms with Gasteiger partial charge in [0.15, 0.2) is 6.61 Å². The lowest BCUT2D eigenvalue weighted by Gasteiger charge is -2.34. The number of halogens is 7. The van der Waals surface area contributed by atoms with Crippen molar-refractivity contribution in [1.29, 1.82) is 0 Å². The molecule has 2 saturated heterocycles. The largest absolute Gasteiger partial charge is 0.490 e. The summed E-state index contributed by atoms with van der Waals surface area (Å²) in [6.45, 7) is 0.142. The summed E-state index contributed by atoms with van der Waals surface area (Å²) in [7, 11) is 0. The lowest BCUT2D eigenvalue weighted by atomic mass is 10.0. The molecule has 2 aromatic rings. The van der Waals surface area contributed by atoms with E-state index in [0.29, 0.717) is 48.7 Å². The normalized spacial score (nSPS) is 18.6. The molecule has 11 nitrogen and oxygen atoms in total. The Labute approximate surface area is 269 Å². The topological polar surface area (TPSA) is 149 Å². The molecule has 2 atom stereocenters. The Morgan fingerprint density at radius 3 is 2.13 bits per heavy atom. The maximum Gasteiger partial charge on any atom is 0.490 e. The molecule has 46 heavy (non-hydrogen) atoms. The Hall–Kier alpha value is -3.60. The fourth-order valence-corrected chi connectivity index (χ4v) is 5.10. The number of aliphatic hydroxyl groups is 1. The molecular formula is C28H30Cl2F5N3O8. The van der Waals surface area contributed by atoms with Gasteiger partial charge < -0.3 is 39.9 Å². The predicted octanol–water partition coefficient (Wildman–Crippen LogP) is 4.18. The van der Waals surface area contributed by atoms with E-state index in [4.69, 9.17) is 47.7 Å². The molecule has 0 unspecified atom stereocenters. The smallest absolute Gasteiger partial charge is 0.486 e. The number of ether oxygens (including phenoxy) is 2. The Kier molecular flexibility index (Phi) is 13.1. The quantitative estimate of drug-likeness (QED) is 0.266. The molecule has 1 amide bonds. The highest BCUT2D eigenvalue weighted by atomic mass is 35.5. The molecule has 2 aliphatic heterocycles. The lowest BCUT2D eigenvalue weighted by Crippen LogP contribution is -2.50. The zero-order valence-electron chi connectivity index (χ0n) is 23.9. The molecule has 4 rings (SSSR count). The number of hydrogen-bond donors (Lipinski definition) is 4. The number of hydrogen-bond acceptors (Lipinski definition) is 8. The van der Waals surface area contributed by atoms with Crippen molar-refractivity contribution in [3.05, 3.63) is 52.0 Å². The van der Waals surface area contributed by atoms with Gasteiger partial charge in [-0.3, -0.25) is 4.79 Å². The van der Waals surface area contributed by atoms with E-state index in [2.05, 4.69) is 5.32 Å². The highest BCUT2D eigenvalue weighted by Gasteiger charge is 2.38. The number of benzene rings is 2. The van der Waals surface area contributed by atoms with Crippen molar-refractivity contribution in [2.75, 3.05) is 44.3 Å². The standard InChI is InChI=1S/C26H29Cl2F2N3O6.C2HF3O2/c27-16-3-1-15(2-4-16)26(37)32-7-5-17(6-8-32)31-19-11-33(12-21(19)34)20-10-22(38-13-24(29)30)18(28)9-23(20)39-14-25(35)36;3-2(4,5)1(6)7/h1-4,9-10,17,19,21,24,31,34H,5-8,11-14H2,(H,35,36);(H,6,7)/t19-,21-;/m1./s1. The van der Waals surface area contributed by atoms with Gasteiger partial charge in [0.25, 0.3) is 12.3 Å². The zero-order chi connectivity index (χ0) is 34.2. The van der Waals surface area contributed by atoms with Crippen molar-refractivity contribution < 1.29 is 61.1 Å². The molecule has 2 heterocycles. The van der Waals surface area contributed by atoms with Crippen LogP contribution < -0.4 is 19.7 Å². The lowest BCUT2D eigenvalue weighted by molar-refractivity contribution is -0.192. The fourth-order valence-electron chi connectivity index (χ4n) is 4.76. The van der Waals surface area contributed by atoms with Gasteiger partial charge in [-0.2, -0.15) is 13.2 Å². The Bertz CT molecular complexity index is 1360. The third kappa shape index (κ3) is 10.7. The molecule has 0 bridgehead atoms. The van der Waals surface area contributed by atoms with Gasteiger partial charge in [-0.05, 0) is 37.1 Å². The zero-order valence-corrected chi connectivity index (χ0v) is 25.4. The monoisotopic (exact) mass is 701 g/mol. The van der Waals surface area contributed by atoms with E-state index >= 15 is 0 Å². The molecule has 0 saturated carbocycles. The van der Waals surface area contributed by atoms with Gasteiger partial charge in [-0.25, -0.2) is 18.4 Å². The van der Waals surface area contributed by atoms with Crippen LogP contribution in [0.1, 0.15) is 23.2 Å². The molecule has 254 valence electrons. The number of amides is 1. The molecule has 2 aliphatic rings. The average molecular weight is 702 g/mol. The summed E-state index contributed by atoms with van der Waals surface area (Å²) in [5.41, 5.74) is 0.949. The van der Waals surface area contributed by atoms with Gasteiger partial charge in [-0.15, -0.1) is 0 Å². The third-order valence-electron chi connectivity index (χ3n) is 6.92. The number of carbonyl (C=O) groups excluding carboxylic acids is 1. The summed E-state index contributed by atoms with van der Waals surface area (Å²) in [5.74, 6) is -3.88. The molecule has 4 N–H and O–H groups in total. The van der Waals surface area contributed by atoms with E-state index in [9.17, 15) is 36.6 Å². The molecule has 0 aliphatic carbocycles. The Balaban J connectivity index is 0.000000738. The van der Waals surface area contributed by atoms with Crippen LogP contribution in [-0.4, -0.2) is 108 Å². The second-order valence-electron chi connectivity index (χ2n) is 10.3. The minimum absolute atomic E-state index is 0.00160. The summed E-state index contributed by atoms with van der Waals surface area (Å²) in [6.07, 6.45) is -7.17. The van der Waals surface area contributed by atoms with Crippen LogP contribution in [0.2, 0.25) is 10.0 Å². The Morgan fingerprint density at radius 2 is 1.59 bits per heavy atom. The number of β-amino-alcohol motifs (C(OH)–C–C–N with tert-alkyl or cyclic N) is 1. The summed E-state index contributed by atoms with van der Waals surface area (Å²) in [5, 5.41) is 31.0. The first-order valence-electron chi connectivity index (χ1n) is 13.7. The van der Waals surface area contributed by atoms with Crippen molar-refractivity contribution in [1.82, 2.24) is 10.2 Å². The Morgan fingerprint density at radius 1 is 0.978 bits per heavy atom. The van der Waals surface area contributed by atoms with Gasteiger partial charge in [0, 0.05) is 54.9 Å². The van der Waals surface area contributed by atoms with Crippen LogP contribution in [0.4, 0.5) is 27.6 Å². The van der Waals surface area contributed by atoms with E-state index in [1.807, 2.05) is 0 Å². The number of aliphatic carboxylic acids is 2. The van der Waals surface area contributed by atoms with Crippen LogP contribution in [0.3, 0.4) is 0 Å². The fraction of sp³-hybridized carbons (Fsp3) is 0.464. The number of carboxylic acid groups (broad SMARTS) is 2. The predicted molar refractivity (Wildman–Crippen MR) is 155 cm³/mol. The van der Waals surface area contributed by atoms with Crippen LogP contribution >= 0.6 is 23.2 Å². The number of carboxylic acids is 2. The second kappa shape index (κ2) is 16.3. The van der Waals surface area contributed by atoms with Crippen LogP contribution in [0.5, 0.6) is 11.5 Å². The molecule has 0 radical (unpaired) electrons. The van der Waals surface area contributed by atoms with Crippen molar-refractivity contribution >= 4 is 46.7 Å². The van der Waals surface area contributed by atoms with Crippen molar-refractivity contribution in [3.63, 3.8) is 0 Å². The SMILES string of the molecule is O=C(O)C(F)(F)F.O=C(O)COc1cc(Cl)c(OCC(F)F)cc1N1C[C@@H](O)[C@H](NC2CCN(C(=O)c3ccc(Cl)cc3)CC2)C1. The summed E-state index contributed by atoms with van der Waals surface area (Å²) in [4.78, 5) is 36.3. The highest BCUT2D eigenvalue weighted by molar-refractivity contribution is 6.32. The van der Waals surface area contributed by atoms with Crippen molar-refractivity contribution in [3.8, 4) is 11.5 Å². The number of carbonyl (C=O) groups is 3. The minimum atomic E-state index is -5.08. The van der Waals surface area contributed by atoms with Crippen LogP contribution in [0.25, 0.3) is 0 Å². The summed E-state index contributed by atoms with van der Waals surface area (Å²) < 4.78 is 67.7. The van der Waals surface area contributed by atoms with Gasteiger partial charge >= 0.3 is 18.1 Å². The summed E-state index contributed by atoms with van der Waals surface area (Å²) in [6, 6.07) is 9.24. The average Bonchev–Trinajstić information content (AvgIpc) is 3.35. The molecule has 0 spiro atoms. The van der Waals surface area contributed by atoms with Crippen LogP contribution in [0.15, 0.2) is 36.4 Å². The second-order valence-corrected chi connectivity index (χ2v) is 11.1. The molecule has 0 aromatic heterocycles. The van der Waals surface area contributed by atoms with Crippen LogP contribution in [-0.2, 0) is 9.59 Å². The summed E-state index contributed by atoms with van der Waals surface area (Å²) >= 11 is 12.1. The highest BCUT2D eigenvalue weighted by Crippen LogP contribution is 2.40. The van der Waals surface area contributed by atoms with E-state index < -0.39 is 43.9 Å². The van der Waals surface area contributed by atoms with E-state index in [-0.39, 0.29) is 41.1 Å². The van der Waals surface area contributed by atoms with Gasteiger partial charge in [0.05, 0.1) is 22.9 Å². The molecule has 2 aromatic carbocycles. The molecular weight excluding hydrogens is 672 g/mol. The van der Waals surface area contributed by atoms with E-state index in [0.717, 1.165) is 0 Å². The number of nitrogens with zero attached hydrogens (tertiary/aromatic N) is 2. The number of piperidine rings is 1. The van der Waals surface area contributed by atoms with E-state index in [1.165, 1.54) is 12.1 Å². The molecule has 18 heteroatoms. The number of aliphatic hydroxyl groups excluding tert-OH is 1. The minimum Gasteiger partial charge on any atom is -0.486 e. The first-order valence-corrected chi connectivity index (χ1v) is 14.4. The number of likely N-dealkylation sites (tertiary alicyclic amines) is 1. The number of nitrogens with one attached hydrogen (secondary N) is 1. The number of anilines is 1. The molecule has 2 fully saturated rings. The van der Waals surface area contributed by atoms with Crippen molar-refractivity contribution in [2.45, 2.75) is 43.6 Å². The first-order chi connectivity index (χ1) is 21.5. The van der Waals surface area contributed by atoms with Crippen LogP contribution in [0, 0.1) is 0 Å². The van der Waals surface area contributed by atoms with E-state index in [1.54, 1.807) is 34.1 Å². The van der Waals surface area contributed by atoms with Gasteiger partial charge in [0.2, 0.25) is 0 Å². The van der Waals surface area contributed by atoms with Crippen molar-refractivity contribution in [2.24, 2.45) is 0 Å². The van der Waals surface area contributed by atoms with Gasteiger partial charge in [0.1, 0.15) is 18.1 Å². The first kappa shape index (κ1) is 36.9. The maximum absolute atomic E-state index is 12.8. The third-order valence-corrected chi connectivity index (χ3v) is 7.47. The number of alkyl halides is 5. The maximum atomic E-state index is 12.8. The number of rotatable bonds is 10. The van der Waals surface area contributed by atoms with Gasteiger partial charge in [-0.1, -0.05) is 23.2 Å².